The van der Waals surface area contributed by atoms with E-state index < -0.39 is 12.2 Å². The van der Waals surface area contributed by atoms with Gasteiger partial charge in [-0.2, -0.15) is 0 Å². The number of rotatable bonds is 11. The van der Waals surface area contributed by atoms with Crippen LogP contribution < -0.4 is 9.47 Å². The highest BCUT2D eigenvalue weighted by Crippen LogP contribution is 2.35. The monoisotopic (exact) mass is 589 g/mol. The number of aliphatic hydroxyl groups excluding tert-OH is 2. The Morgan fingerprint density at radius 2 is 1.64 bits per heavy atom. The number of aliphatic hydroxyl groups is 2. The van der Waals surface area contributed by atoms with Crippen molar-refractivity contribution in [2.24, 2.45) is 0 Å². The van der Waals surface area contributed by atoms with Crippen LogP contribution in [-0.2, 0) is 10.2 Å². The number of hydrogen-bond donors (Lipinski definition) is 2. The third-order valence-electron chi connectivity index (χ3n) is 5.85. The SMILES string of the molecule is CC(C)(c1ccc(OCC(O)CN2CCOCC2)cc1)c1ccc(OC[C@@H](O)CCl)c(I)c1. The van der Waals surface area contributed by atoms with Crippen molar-refractivity contribution in [1.29, 1.82) is 0 Å². The van der Waals surface area contributed by atoms with Gasteiger partial charge in [-0.25, -0.2) is 0 Å². The second-order valence-electron chi connectivity index (χ2n) is 8.79. The van der Waals surface area contributed by atoms with E-state index in [1.54, 1.807) is 0 Å². The number of nitrogens with zero attached hydrogens (tertiary/aromatic N) is 1. The molecule has 33 heavy (non-hydrogen) atoms. The molecule has 1 heterocycles. The smallest absolute Gasteiger partial charge is 0.132 e. The highest BCUT2D eigenvalue weighted by Gasteiger charge is 2.24. The van der Waals surface area contributed by atoms with Gasteiger partial charge >= 0.3 is 0 Å². The van der Waals surface area contributed by atoms with E-state index in [-0.39, 0.29) is 24.5 Å². The fourth-order valence-electron chi connectivity index (χ4n) is 3.70. The number of benzene rings is 2. The zero-order valence-electron chi connectivity index (χ0n) is 19.2. The summed E-state index contributed by atoms with van der Waals surface area (Å²) in [7, 11) is 0. The quantitative estimate of drug-likeness (QED) is 0.308. The van der Waals surface area contributed by atoms with Gasteiger partial charge in [0.15, 0.2) is 0 Å². The second-order valence-corrected chi connectivity index (χ2v) is 10.3. The predicted molar refractivity (Wildman–Crippen MR) is 139 cm³/mol. The Bertz CT molecular complexity index is 874. The first kappa shape index (κ1) is 26.5. The van der Waals surface area contributed by atoms with Crippen LogP contribution in [0.15, 0.2) is 42.5 Å². The largest absolute Gasteiger partial charge is 0.491 e. The standard InChI is InChI=1S/C25H33ClINO5/c1-25(2,19-5-8-24(23(27)13-19)33-16-20(29)14-26)18-3-6-22(7-4-18)32-17-21(30)15-28-9-11-31-12-10-28/h3-8,13,20-21,29-30H,9-12,14-17H2,1-2H3/t20-,21?/m0/s1. The van der Waals surface area contributed by atoms with Gasteiger partial charge in [0.25, 0.3) is 0 Å². The lowest BCUT2D eigenvalue weighted by Crippen LogP contribution is -2.42. The van der Waals surface area contributed by atoms with Gasteiger partial charge < -0.3 is 24.4 Å². The Kier molecular flexibility index (Phi) is 10.1. The molecule has 1 aliphatic heterocycles. The van der Waals surface area contributed by atoms with Gasteiger partial charge in [0.1, 0.15) is 36.9 Å². The molecule has 1 fully saturated rings. The van der Waals surface area contributed by atoms with Crippen LogP contribution in [0, 0.1) is 3.57 Å². The lowest BCUT2D eigenvalue weighted by molar-refractivity contribution is 0.00465. The van der Waals surface area contributed by atoms with E-state index in [4.69, 9.17) is 25.8 Å². The van der Waals surface area contributed by atoms with E-state index >= 15 is 0 Å². The summed E-state index contributed by atoms with van der Waals surface area (Å²) < 4.78 is 17.8. The highest BCUT2D eigenvalue weighted by molar-refractivity contribution is 14.1. The first-order valence-corrected chi connectivity index (χ1v) is 12.8. The molecule has 0 spiro atoms. The maximum atomic E-state index is 10.3. The Hall–Kier alpha value is -1.10. The van der Waals surface area contributed by atoms with Crippen molar-refractivity contribution in [2.75, 3.05) is 51.9 Å². The fourth-order valence-corrected chi connectivity index (χ4v) is 4.46. The van der Waals surface area contributed by atoms with Crippen molar-refractivity contribution in [3.8, 4) is 11.5 Å². The molecular weight excluding hydrogens is 557 g/mol. The number of morpholine rings is 1. The first-order valence-electron chi connectivity index (χ1n) is 11.2. The Morgan fingerprint density at radius 1 is 1.00 bits per heavy atom. The van der Waals surface area contributed by atoms with Crippen LogP contribution in [0.3, 0.4) is 0 Å². The zero-order valence-corrected chi connectivity index (χ0v) is 22.1. The summed E-state index contributed by atoms with van der Waals surface area (Å²) in [6.07, 6.45) is -1.22. The molecule has 0 aliphatic carbocycles. The van der Waals surface area contributed by atoms with Crippen molar-refractivity contribution in [2.45, 2.75) is 31.5 Å². The van der Waals surface area contributed by atoms with Crippen LogP contribution in [0.5, 0.6) is 11.5 Å². The maximum Gasteiger partial charge on any atom is 0.132 e. The van der Waals surface area contributed by atoms with Crippen LogP contribution in [0.2, 0.25) is 0 Å². The summed E-state index contributed by atoms with van der Waals surface area (Å²) in [4.78, 5) is 2.20. The predicted octanol–water partition coefficient (Wildman–Crippen LogP) is 3.67. The van der Waals surface area contributed by atoms with E-state index in [0.717, 1.165) is 52.5 Å². The van der Waals surface area contributed by atoms with Gasteiger partial charge in [0.2, 0.25) is 0 Å². The van der Waals surface area contributed by atoms with Crippen LogP contribution in [0.1, 0.15) is 25.0 Å². The van der Waals surface area contributed by atoms with Crippen molar-refractivity contribution in [3.05, 3.63) is 57.2 Å². The summed E-state index contributed by atoms with van der Waals surface area (Å²) >= 11 is 7.89. The minimum atomic E-state index is -0.681. The van der Waals surface area contributed by atoms with Crippen molar-refractivity contribution < 1.29 is 24.4 Å². The second kappa shape index (κ2) is 12.6. The molecule has 1 unspecified atom stereocenters. The molecule has 2 atom stereocenters. The number of β-amino-alcohol motifs (C(OH)–C–C–N with tert-alkyl or cyclic N) is 1. The van der Waals surface area contributed by atoms with Crippen molar-refractivity contribution in [1.82, 2.24) is 4.90 Å². The van der Waals surface area contributed by atoms with Gasteiger partial charge in [-0.15, -0.1) is 11.6 Å². The minimum absolute atomic E-state index is 0.147. The lowest BCUT2D eigenvalue weighted by atomic mass is 9.78. The zero-order chi connectivity index (χ0) is 23.8. The molecule has 3 rings (SSSR count). The van der Waals surface area contributed by atoms with Gasteiger partial charge in [-0.1, -0.05) is 32.0 Å². The van der Waals surface area contributed by atoms with E-state index in [1.807, 2.05) is 18.2 Å². The summed E-state index contributed by atoms with van der Waals surface area (Å²) in [5.74, 6) is 1.62. The van der Waals surface area contributed by atoms with E-state index in [2.05, 4.69) is 65.6 Å². The van der Waals surface area contributed by atoms with Gasteiger partial charge in [-0.05, 0) is 58.0 Å². The first-order chi connectivity index (χ1) is 15.8. The minimum Gasteiger partial charge on any atom is -0.491 e. The van der Waals surface area contributed by atoms with Crippen molar-refractivity contribution >= 4 is 34.2 Å². The molecular formula is C25H33ClINO5. The summed E-state index contributed by atoms with van der Waals surface area (Å²) in [5.41, 5.74) is 2.10. The molecule has 1 aliphatic rings. The highest BCUT2D eigenvalue weighted by atomic mass is 127. The van der Waals surface area contributed by atoms with Gasteiger partial charge in [-0.3, -0.25) is 4.90 Å². The molecule has 0 aromatic heterocycles. The number of halogens is 2. The number of hydrogen-bond acceptors (Lipinski definition) is 6. The van der Waals surface area contributed by atoms with Crippen molar-refractivity contribution in [3.63, 3.8) is 0 Å². The average molecular weight is 590 g/mol. The van der Waals surface area contributed by atoms with E-state index in [0.29, 0.717) is 6.54 Å². The molecule has 2 aromatic rings. The van der Waals surface area contributed by atoms with Crippen LogP contribution in [0.25, 0.3) is 0 Å². The Labute approximate surface area is 214 Å². The summed E-state index contributed by atoms with van der Waals surface area (Å²) in [5, 5.41) is 19.9. The van der Waals surface area contributed by atoms with Crippen LogP contribution >= 0.6 is 34.2 Å². The normalized spacial score (nSPS) is 16.9. The molecule has 2 N–H and O–H groups in total. The number of alkyl halides is 1. The molecule has 0 saturated carbocycles. The lowest BCUT2D eigenvalue weighted by Gasteiger charge is -2.28. The molecule has 0 bridgehead atoms. The molecule has 0 amide bonds. The fraction of sp³-hybridized carbons (Fsp3) is 0.520. The Morgan fingerprint density at radius 3 is 2.27 bits per heavy atom. The third-order valence-corrected chi connectivity index (χ3v) is 7.05. The average Bonchev–Trinajstić information content (AvgIpc) is 2.82. The molecule has 0 radical (unpaired) electrons. The molecule has 8 heteroatoms. The van der Waals surface area contributed by atoms with Gasteiger partial charge in [0, 0.05) is 25.0 Å². The molecule has 1 saturated heterocycles. The summed E-state index contributed by atoms with van der Waals surface area (Å²) in [6.45, 7) is 8.52. The van der Waals surface area contributed by atoms with Crippen LogP contribution in [-0.4, -0.2) is 79.3 Å². The Balaban J connectivity index is 1.57. The number of ether oxygens (including phenoxy) is 3. The molecule has 2 aromatic carbocycles. The molecule has 6 nitrogen and oxygen atoms in total. The van der Waals surface area contributed by atoms with Gasteiger partial charge in [0.05, 0.1) is 22.7 Å². The third kappa shape index (κ3) is 7.70. The van der Waals surface area contributed by atoms with E-state index in [1.165, 1.54) is 0 Å². The summed E-state index contributed by atoms with van der Waals surface area (Å²) in [6, 6.07) is 14.1. The molecule has 182 valence electrons. The topological polar surface area (TPSA) is 71.4 Å². The van der Waals surface area contributed by atoms with E-state index in [9.17, 15) is 10.2 Å². The van der Waals surface area contributed by atoms with Crippen LogP contribution in [0.4, 0.5) is 0 Å². The maximum absolute atomic E-state index is 10.3.